The number of ether oxygens (including phenoxy) is 2. The summed E-state index contributed by atoms with van der Waals surface area (Å²) in [5, 5.41) is 27.5. The van der Waals surface area contributed by atoms with Crippen LogP contribution in [-0.2, 0) is 14.4 Å². The summed E-state index contributed by atoms with van der Waals surface area (Å²) in [6, 6.07) is 17.6. The third-order valence-corrected chi connectivity index (χ3v) is 4.82. The van der Waals surface area contributed by atoms with Crippen LogP contribution >= 0.6 is 0 Å². The van der Waals surface area contributed by atoms with Crippen LogP contribution in [0.3, 0.4) is 0 Å². The van der Waals surface area contributed by atoms with Gasteiger partial charge in [-0.15, -0.1) is 0 Å². The van der Waals surface area contributed by atoms with E-state index in [-0.39, 0.29) is 29.5 Å². The Morgan fingerprint density at radius 2 is 1.17 bits per heavy atom. The van der Waals surface area contributed by atoms with Crippen LogP contribution in [0.15, 0.2) is 78.9 Å². The van der Waals surface area contributed by atoms with Gasteiger partial charge in [0.25, 0.3) is 0 Å². The van der Waals surface area contributed by atoms with E-state index in [0.717, 1.165) is 0 Å². The lowest BCUT2D eigenvalue weighted by molar-refractivity contribution is -0.121. The normalized spacial score (nSPS) is 10.0. The number of carbonyl (C=O) groups is 4. The van der Waals surface area contributed by atoms with Gasteiger partial charge in [-0.2, -0.15) is 5.90 Å². The number of aromatic hydroxyl groups is 2. The van der Waals surface area contributed by atoms with Crippen LogP contribution in [0.2, 0.25) is 0 Å². The van der Waals surface area contributed by atoms with Gasteiger partial charge in [0.1, 0.15) is 0 Å². The molecule has 3 aromatic rings. The Labute approximate surface area is 235 Å². The molecule has 3 rings (SSSR count). The number of primary amides is 1. The van der Waals surface area contributed by atoms with Gasteiger partial charge in [-0.1, -0.05) is 42.5 Å². The second-order valence-electron chi connectivity index (χ2n) is 7.75. The second kappa shape index (κ2) is 17.8. The second-order valence-corrected chi connectivity index (χ2v) is 7.75. The predicted molar refractivity (Wildman–Crippen MR) is 150 cm³/mol. The van der Waals surface area contributed by atoms with Crippen LogP contribution in [0.5, 0.6) is 23.0 Å². The van der Waals surface area contributed by atoms with Gasteiger partial charge >= 0.3 is 12.1 Å². The number of amides is 1. The fourth-order valence-electron chi connectivity index (χ4n) is 2.84. The number of hydrogen-bond donors (Lipinski definition) is 5. The molecule has 0 aliphatic carbocycles. The Morgan fingerprint density at radius 3 is 1.49 bits per heavy atom. The number of nitrogens with two attached hydrogens (primary N) is 2. The van der Waals surface area contributed by atoms with Gasteiger partial charge in [0.2, 0.25) is 0 Å². The van der Waals surface area contributed by atoms with Crippen molar-refractivity contribution >= 4 is 35.8 Å². The Balaban J connectivity index is 0.000000490. The van der Waals surface area contributed by atoms with Crippen molar-refractivity contribution in [3.8, 4) is 23.0 Å². The zero-order valence-electron chi connectivity index (χ0n) is 22.2. The van der Waals surface area contributed by atoms with Crippen molar-refractivity contribution in [3.63, 3.8) is 0 Å². The van der Waals surface area contributed by atoms with E-state index in [1.165, 1.54) is 38.5 Å². The maximum Gasteiger partial charge on any atom is 0.423 e. The zero-order valence-corrected chi connectivity index (χ0v) is 22.2. The van der Waals surface area contributed by atoms with E-state index in [1.54, 1.807) is 66.7 Å². The summed E-state index contributed by atoms with van der Waals surface area (Å²) in [4.78, 5) is 46.7. The Hall–Kier alpha value is -5.62. The van der Waals surface area contributed by atoms with Crippen LogP contribution < -0.4 is 21.1 Å². The molecule has 1 amide bonds. The number of phenolic OH excluding ortho intramolecular Hbond substituents is 2. The van der Waals surface area contributed by atoms with Gasteiger partial charge < -0.3 is 35.4 Å². The number of phenols is 2. The van der Waals surface area contributed by atoms with Gasteiger partial charge in [-0.05, 0) is 59.7 Å². The molecule has 12 nitrogen and oxygen atoms in total. The Kier molecular flexibility index (Phi) is 14.5. The average Bonchev–Trinajstić information content (AvgIpc) is 2.97. The zero-order chi connectivity index (χ0) is 30.8. The molecule has 0 bridgehead atoms. The SMILES string of the molecule is COc1cc(/C=C/C(=O)CC(=O)/C=C/c2ccc(O)c(OC)c2)ccc1O.NOC(N)=O.O=C(O)c1ccccc1. The maximum atomic E-state index is 11.9. The minimum atomic E-state index is -0.968. The highest BCUT2D eigenvalue weighted by Gasteiger charge is 2.06. The molecule has 0 heterocycles. The number of rotatable bonds is 9. The molecule has 12 heteroatoms. The summed E-state index contributed by atoms with van der Waals surface area (Å²) in [5.74, 6) is 3.23. The number of allylic oxidation sites excluding steroid dienone is 2. The first kappa shape index (κ1) is 33.4. The highest BCUT2D eigenvalue weighted by atomic mass is 16.7. The predicted octanol–water partition coefficient (Wildman–Crippen LogP) is 3.71. The number of benzene rings is 3. The quantitative estimate of drug-likeness (QED) is 0.143. The summed E-state index contributed by atoms with van der Waals surface area (Å²) in [5.41, 5.74) is 5.96. The highest BCUT2D eigenvalue weighted by Crippen LogP contribution is 2.27. The van der Waals surface area contributed by atoms with Crippen molar-refractivity contribution in [1.29, 1.82) is 0 Å². The summed E-state index contributed by atoms with van der Waals surface area (Å²) in [7, 11) is 2.87. The molecular formula is C29H30N2O10. The lowest BCUT2D eigenvalue weighted by atomic mass is 10.1. The van der Waals surface area contributed by atoms with Crippen LogP contribution in [0.4, 0.5) is 4.79 Å². The van der Waals surface area contributed by atoms with Crippen molar-refractivity contribution in [2.45, 2.75) is 6.42 Å². The van der Waals surface area contributed by atoms with E-state index in [9.17, 15) is 29.4 Å². The molecule has 0 atom stereocenters. The lowest BCUT2D eigenvalue weighted by Gasteiger charge is -2.03. The molecule has 0 saturated carbocycles. The van der Waals surface area contributed by atoms with Crippen LogP contribution in [-0.4, -0.2) is 53.2 Å². The summed E-state index contributed by atoms with van der Waals surface area (Å²) < 4.78 is 10.00. The van der Waals surface area contributed by atoms with Crippen molar-refractivity contribution < 1.29 is 48.8 Å². The molecule has 0 radical (unpaired) electrons. The van der Waals surface area contributed by atoms with Crippen molar-refractivity contribution in [3.05, 3.63) is 95.6 Å². The number of aromatic carboxylic acids is 1. The molecule has 0 fully saturated rings. The first-order valence-electron chi connectivity index (χ1n) is 11.6. The molecule has 0 unspecified atom stereocenters. The van der Waals surface area contributed by atoms with Gasteiger partial charge in [0.15, 0.2) is 34.6 Å². The van der Waals surface area contributed by atoms with E-state index in [2.05, 4.69) is 16.5 Å². The Bertz CT molecular complexity index is 1310. The van der Waals surface area contributed by atoms with Gasteiger partial charge in [-0.25, -0.2) is 9.59 Å². The van der Waals surface area contributed by atoms with Crippen LogP contribution in [0.25, 0.3) is 12.2 Å². The molecule has 3 aromatic carbocycles. The molecule has 0 spiro atoms. The van der Waals surface area contributed by atoms with Gasteiger partial charge in [-0.3, -0.25) is 9.59 Å². The van der Waals surface area contributed by atoms with Crippen LogP contribution in [0, 0.1) is 0 Å². The van der Waals surface area contributed by atoms with Crippen molar-refractivity contribution in [1.82, 2.24) is 0 Å². The fourth-order valence-corrected chi connectivity index (χ4v) is 2.84. The highest BCUT2D eigenvalue weighted by molar-refractivity contribution is 6.10. The molecule has 7 N–H and O–H groups in total. The number of ketones is 2. The molecule has 0 aliphatic heterocycles. The van der Waals surface area contributed by atoms with Gasteiger partial charge in [0, 0.05) is 0 Å². The summed E-state index contributed by atoms with van der Waals surface area (Å²) >= 11 is 0. The minimum Gasteiger partial charge on any atom is -0.504 e. The smallest absolute Gasteiger partial charge is 0.423 e. The largest absolute Gasteiger partial charge is 0.504 e. The molecule has 216 valence electrons. The van der Waals surface area contributed by atoms with E-state index in [1.807, 2.05) is 0 Å². The molecular weight excluding hydrogens is 536 g/mol. The van der Waals surface area contributed by atoms with E-state index in [4.69, 9.17) is 14.6 Å². The number of carboxylic acids is 1. The van der Waals surface area contributed by atoms with Gasteiger partial charge in [0.05, 0.1) is 26.2 Å². The van der Waals surface area contributed by atoms with E-state index >= 15 is 0 Å². The number of hydrogen-bond acceptors (Lipinski definition) is 10. The standard InChI is InChI=1S/C21H20O6.C7H6O2.CH4N2O2/c1-26-20-11-14(5-9-18(20)24)3-7-16(22)13-17(23)8-4-15-6-10-19(25)21(12-15)27-2;8-7(9)6-4-2-1-3-5-6;2-1(4)5-3/h3-12,24-25H,13H2,1-2H3;1-5H,(H,8,9);3H2,(H2,2,4)/b7-3+,8-4+;;. The molecule has 0 saturated heterocycles. The first-order valence-corrected chi connectivity index (χ1v) is 11.6. The van der Waals surface area contributed by atoms with E-state index < -0.39 is 12.1 Å². The number of carboxylic acid groups (broad SMARTS) is 1. The maximum absolute atomic E-state index is 11.9. The Morgan fingerprint density at radius 1 is 0.756 bits per heavy atom. The fraction of sp³-hybridized carbons (Fsp3) is 0.103. The third kappa shape index (κ3) is 13.1. The average molecular weight is 567 g/mol. The third-order valence-electron chi connectivity index (χ3n) is 4.82. The molecule has 0 aliphatic rings. The molecule has 41 heavy (non-hydrogen) atoms. The number of carbonyl (C=O) groups excluding carboxylic acids is 3. The van der Waals surface area contributed by atoms with E-state index in [0.29, 0.717) is 28.2 Å². The minimum absolute atomic E-state index is 0.00662. The lowest BCUT2D eigenvalue weighted by Crippen LogP contribution is -2.16. The van der Waals surface area contributed by atoms with Crippen molar-refractivity contribution in [2.24, 2.45) is 11.6 Å². The topological polar surface area (TPSA) is 209 Å². The molecule has 0 aromatic heterocycles. The summed E-state index contributed by atoms with van der Waals surface area (Å²) in [6.07, 6.45) is 4.47. The number of methoxy groups -OCH3 is 2. The summed E-state index contributed by atoms with van der Waals surface area (Å²) in [6.45, 7) is 0. The monoisotopic (exact) mass is 566 g/mol. The first-order chi connectivity index (χ1) is 19.5. The van der Waals surface area contributed by atoms with Crippen molar-refractivity contribution in [2.75, 3.05) is 14.2 Å². The van der Waals surface area contributed by atoms with Crippen LogP contribution in [0.1, 0.15) is 27.9 Å².